The van der Waals surface area contributed by atoms with Crippen molar-refractivity contribution in [3.63, 3.8) is 0 Å². The third-order valence-corrected chi connectivity index (χ3v) is 6.15. The second kappa shape index (κ2) is 7.14. The highest BCUT2D eigenvalue weighted by atomic mass is 35.5. The van der Waals surface area contributed by atoms with Gasteiger partial charge in [-0.1, -0.05) is 11.6 Å². The van der Waals surface area contributed by atoms with Gasteiger partial charge in [-0.25, -0.2) is 22.5 Å². The zero-order valence-corrected chi connectivity index (χ0v) is 14.7. The number of imide groups is 1. The summed E-state index contributed by atoms with van der Waals surface area (Å²) in [6, 6.07) is 1.61. The van der Waals surface area contributed by atoms with Gasteiger partial charge in [-0.2, -0.15) is 0 Å². The van der Waals surface area contributed by atoms with E-state index in [1.165, 1.54) is 10.5 Å². The molecule has 11 heteroatoms. The fraction of sp³-hybridized carbons (Fsp3) is 0.500. The second-order valence-corrected chi connectivity index (χ2v) is 8.27. The molecule has 9 nitrogen and oxygen atoms in total. The van der Waals surface area contributed by atoms with E-state index in [9.17, 15) is 18.0 Å². The summed E-state index contributed by atoms with van der Waals surface area (Å²) in [5.41, 5.74) is 0. The fourth-order valence-corrected chi connectivity index (χ4v) is 4.47. The number of aromatic nitrogens is 1. The molecule has 1 aromatic heterocycles. The van der Waals surface area contributed by atoms with Crippen molar-refractivity contribution in [2.24, 2.45) is 0 Å². The topological polar surface area (TPSA) is 118 Å². The number of carbonyl (C=O) groups is 2. The molecule has 3 amide bonds. The van der Waals surface area contributed by atoms with Crippen LogP contribution in [0.4, 0.5) is 4.79 Å². The van der Waals surface area contributed by atoms with Crippen molar-refractivity contribution in [2.75, 3.05) is 18.8 Å². The number of nitrogens with zero attached hydrogens (tertiary/aromatic N) is 2. The van der Waals surface area contributed by atoms with Crippen LogP contribution < -0.4 is 15.4 Å². The average Bonchev–Trinajstić information content (AvgIpc) is 2.87. The molecule has 0 aromatic carbocycles. The van der Waals surface area contributed by atoms with Crippen LogP contribution in [0.2, 0.25) is 5.02 Å². The Balaban J connectivity index is 1.53. The number of ether oxygens (including phenoxy) is 1. The van der Waals surface area contributed by atoms with Crippen LogP contribution in [0.1, 0.15) is 12.8 Å². The van der Waals surface area contributed by atoms with Crippen LogP contribution in [0.25, 0.3) is 0 Å². The van der Waals surface area contributed by atoms with Crippen LogP contribution in [0.15, 0.2) is 18.3 Å². The largest absolute Gasteiger partial charge is 0.474 e. The van der Waals surface area contributed by atoms with Gasteiger partial charge in [0.15, 0.2) is 0 Å². The number of rotatable bonds is 5. The van der Waals surface area contributed by atoms with Gasteiger partial charge >= 0.3 is 6.03 Å². The number of amides is 3. The number of halogens is 1. The van der Waals surface area contributed by atoms with Gasteiger partial charge in [-0.05, 0) is 18.9 Å². The lowest BCUT2D eigenvalue weighted by Crippen LogP contribution is -2.47. The van der Waals surface area contributed by atoms with Crippen LogP contribution in [0.3, 0.4) is 0 Å². The van der Waals surface area contributed by atoms with Crippen LogP contribution >= 0.6 is 11.6 Å². The number of sulfonamides is 1. The first-order valence-corrected chi connectivity index (χ1v) is 9.69. The van der Waals surface area contributed by atoms with Crippen molar-refractivity contribution in [2.45, 2.75) is 25.0 Å². The van der Waals surface area contributed by atoms with Crippen molar-refractivity contribution < 1.29 is 22.7 Å². The molecular formula is C14H17ClN4O5S. The van der Waals surface area contributed by atoms with Crippen LogP contribution in [-0.2, 0) is 14.8 Å². The molecule has 3 heterocycles. The molecule has 0 bridgehead atoms. The Bertz CT molecular complexity index is 762. The van der Waals surface area contributed by atoms with Crippen LogP contribution in [-0.4, -0.2) is 60.6 Å². The molecule has 1 unspecified atom stereocenters. The minimum absolute atomic E-state index is 0.144. The summed E-state index contributed by atoms with van der Waals surface area (Å²) in [5.74, 6) is -0.633. The van der Waals surface area contributed by atoms with Crippen molar-refractivity contribution in [1.82, 2.24) is 19.9 Å². The van der Waals surface area contributed by atoms with Crippen molar-refractivity contribution in [1.29, 1.82) is 0 Å². The summed E-state index contributed by atoms with van der Waals surface area (Å²) in [5, 5.41) is 4.83. The minimum atomic E-state index is -3.66. The number of pyridine rings is 1. The van der Waals surface area contributed by atoms with Crippen molar-refractivity contribution in [3.05, 3.63) is 23.4 Å². The number of nitrogens with one attached hydrogen (secondary N) is 2. The molecule has 2 N–H and O–H groups in total. The Hall–Kier alpha value is -1.91. The molecule has 0 spiro atoms. The highest BCUT2D eigenvalue weighted by Gasteiger charge is 2.37. The zero-order valence-electron chi connectivity index (χ0n) is 13.1. The van der Waals surface area contributed by atoms with E-state index in [1.807, 2.05) is 5.32 Å². The summed E-state index contributed by atoms with van der Waals surface area (Å²) in [6.45, 7) is 0.561. The third-order valence-electron chi connectivity index (χ3n) is 4.02. The maximum absolute atomic E-state index is 12.4. The quantitative estimate of drug-likeness (QED) is 0.691. The molecule has 2 saturated heterocycles. The standard InChI is InChI=1S/C14H17ClN4O5S/c15-9-1-2-12(16-7-9)24-10-3-5-19(6-4-10)25(22,23)8-11-13(20)18-14(21)17-11/h1-2,7,10-11H,3-6,8H2,(H2,17,18,20,21). The molecule has 2 aliphatic rings. The molecule has 2 aliphatic heterocycles. The van der Waals surface area contributed by atoms with Gasteiger partial charge in [0, 0.05) is 25.4 Å². The number of hydrogen-bond donors (Lipinski definition) is 2. The maximum atomic E-state index is 12.4. The van der Waals surface area contributed by atoms with E-state index in [2.05, 4.69) is 10.3 Å². The average molecular weight is 389 g/mol. The summed E-state index contributed by atoms with van der Waals surface area (Å²) in [7, 11) is -3.66. The van der Waals surface area contributed by atoms with E-state index < -0.39 is 33.8 Å². The van der Waals surface area contributed by atoms with Gasteiger partial charge in [-0.15, -0.1) is 0 Å². The van der Waals surface area contributed by atoms with Gasteiger partial charge in [0.25, 0.3) is 5.91 Å². The van der Waals surface area contributed by atoms with Crippen LogP contribution in [0.5, 0.6) is 5.88 Å². The Morgan fingerprint density at radius 1 is 1.28 bits per heavy atom. The Kier molecular flexibility index (Phi) is 5.11. The molecule has 25 heavy (non-hydrogen) atoms. The molecule has 136 valence electrons. The van der Waals surface area contributed by atoms with Gasteiger partial charge in [0.1, 0.15) is 12.1 Å². The molecule has 0 aliphatic carbocycles. The molecule has 0 radical (unpaired) electrons. The van der Waals surface area contributed by atoms with Crippen molar-refractivity contribution in [3.8, 4) is 5.88 Å². The van der Waals surface area contributed by atoms with Gasteiger partial charge in [-0.3, -0.25) is 10.1 Å². The van der Waals surface area contributed by atoms with E-state index in [1.54, 1.807) is 12.1 Å². The normalized spacial score (nSPS) is 22.5. The van der Waals surface area contributed by atoms with E-state index in [-0.39, 0.29) is 19.2 Å². The van der Waals surface area contributed by atoms with Gasteiger partial charge < -0.3 is 10.1 Å². The summed E-state index contributed by atoms with van der Waals surface area (Å²) < 4.78 is 31.9. The predicted octanol–water partition coefficient (Wildman–Crippen LogP) is 0.116. The molecule has 1 atom stereocenters. The monoisotopic (exact) mass is 388 g/mol. The lowest BCUT2D eigenvalue weighted by Gasteiger charge is -2.31. The summed E-state index contributed by atoms with van der Waals surface area (Å²) in [4.78, 5) is 26.6. The van der Waals surface area contributed by atoms with E-state index >= 15 is 0 Å². The molecule has 0 saturated carbocycles. The Morgan fingerprint density at radius 3 is 2.56 bits per heavy atom. The molecular weight excluding hydrogens is 372 g/mol. The van der Waals surface area contributed by atoms with E-state index in [4.69, 9.17) is 16.3 Å². The maximum Gasteiger partial charge on any atom is 0.322 e. The predicted molar refractivity (Wildman–Crippen MR) is 88.7 cm³/mol. The lowest BCUT2D eigenvalue weighted by molar-refractivity contribution is -0.119. The lowest BCUT2D eigenvalue weighted by atomic mass is 10.1. The molecule has 1 aromatic rings. The smallest absolute Gasteiger partial charge is 0.322 e. The van der Waals surface area contributed by atoms with Gasteiger partial charge in [0.2, 0.25) is 15.9 Å². The summed E-state index contributed by atoms with van der Waals surface area (Å²) >= 11 is 5.77. The highest BCUT2D eigenvalue weighted by Crippen LogP contribution is 2.20. The molecule has 3 rings (SSSR count). The second-order valence-electron chi connectivity index (χ2n) is 5.82. The number of hydrogen-bond acceptors (Lipinski definition) is 6. The first-order valence-electron chi connectivity index (χ1n) is 7.71. The Labute approximate surface area is 149 Å². The SMILES string of the molecule is O=C1NC(=O)C(CS(=O)(=O)N2CCC(Oc3ccc(Cl)cn3)CC2)N1. The van der Waals surface area contributed by atoms with E-state index in [0.717, 1.165) is 0 Å². The number of carbonyl (C=O) groups excluding carboxylic acids is 2. The fourth-order valence-electron chi connectivity index (χ4n) is 2.72. The first-order chi connectivity index (χ1) is 11.8. The van der Waals surface area contributed by atoms with E-state index in [0.29, 0.717) is 23.7 Å². The minimum Gasteiger partial charge on any atom is -0.474 e. The summed E-state index contributed by atoms with van der Waals surface area (Å²) in [6.07, 6.45) is 2.35. The van der Waals surface area contributed by atoms with Crippen LogP contribution in [0, 0.1) is 0 Å². The zero-order chi connectivity index (χ0) is 18.0. The Morgan fingerprint density at radius 2 is 2.00 bits per heavy atom. The number of urea groups is 1. The number of piperidine rings is 1. The first kappa shape index (κ1) is 17.9. The highest BCUT2D eigenvalue weighted by molar-refractivity contribution is 7.89. The van der Waals surface area contributed by atoms with Crippen molar-refractivity contribution >= 4 is 33.6 Å². The van der Waals surface area contributed by atoms with Gasteiger partial charge in [0.05, 0.1) is 10.8 Å². The molecule has 2 fully saturated rings. The third kappa shape index (κ3) is 4.39.